The van der Waals surface area contributed by atoms with Gasteiger partial charge in [0.2, 0.25) is 21.7 Å². The van der Waals surface area contributed by atoms with E-state index in [-0.39, 0.29) is 33.8 Å². The average Bonchev–Trinajstić information content (AvgIpc) is 3.29. The lowest BCUT2D eigenvalue weighted by Gasteiger charge is -2.29. The van der Waals surface area contributed by atoms with E-state index in [9.17, 15) is 13.5 Å². The standard InChI is InChI=1S/C20H26ClN5O5S/c1-11-7-10-14(30-11)17(20(2,3)4)23-19-18(24-31-25-19)22-13-9-8-12(21)16(15(13)27)32(28,29)26(5)6/h7-10,17,27H,1-6H3,(H,22,24)(H,23,25)/t17-/m0/s1. The SMILES string of the molecule is Cc1ccc([C@H](Nc2nonc2Nc2ccc(Cl)c(S(=O)(=O)N(C)C)c2O)C(C)(C)C)o1. The van der Waals surface area contributed by atoms with Gasteiger partial charge in [0.05, 0.1) is 16.8 Å². The van der Waals surface area contributed by atoms with E-state index in [0.717, 1.165) is 10.1 Å². The minimum atomic E-state index is -4.00. The maximum atomic E-state index is 12.6. The number of aryl methyl sites for hydroxylation is 1. The zero-order valence-corrected chi connectivity index (χ0v) is 20.2. The largest absolute Gasteiger partial charge is 0.504 e. The Balaban J connectivity index is 1.96. The number of hydrogen-bond donors (Lipinski definition) is 3. The number of aromatic nitrogens is 2. The van der Waals surface area contributed by atoms with Crippen molar-refractivity contribution in [1.29, 1.82) is 0 Å². The molecule has 0 bridgehead atoms. The summed E-state index contributed by atoms with van der Waals surface area (Å²) in [6.07, 6.45) is 0. The Morgan fingerprint density at radius 3 is 2.34 bits per heavy atom. The molecule has 1 atom stereocenters. The number of aromatic hydroxyl groups is 1. The van der Waals surface area contributed by atoms with Crippen LogP contribution in [0.1, 0.15) is 38.3 Å². The van der Waals surface area contributed by atoms with Crippen LogP contribution in [0.3, 0.4) is 0 Å². The smallest absolute Gasteiger partial charge is 0.247 e. The van der Waals surface area contributed by atoms with Gasteiger partial charge in [0.1, 0.15) is 16.4 Å². The third-order valence-corrected chi connectivity index (χ3v) is 7.07. The van der Waals surface area contributed by atoms with Gasteiger partial charge in [-0.2, -0.15) is 0 Å². The Labute approximate surface area is 191 Å². The molecule has 0 aliphatic carbocycles. The number of halogens is 1. The van der Waals surface area contributed by atoms with Gasteiger partial charge in [0.15, 0.2) is 5.75 Å². The second-order valence-corrected chi connectivity index (χ2v) is 11.0. The molecular formula is C20H26ClN5O5S. The molecule has 0 spiro atoms. The minimum absolute atomic E-state index is 0.0646. The summed E-state index contributed by atoms with van der Waals surface area (Å²) >= 11 is 6.07. The number of rotatable bonds is 7. The number of phenols is 1. The Kier molecular flexibility index (Phi) is 6.45. The quantitative estimate of drug-likeness (QED) is 0.414. The predicted octanol–water partition coefficient (Wildman–Crippen LogP) is 4.52. The predicted molar refractivity (Wildman–Crippen MR) is 121 cm³/mol. The van der Waals surface area contributed by atoms with Crippen molar-refractivity contribution in [2.24, 2.45) is 5.41 Å². The van der Waals surface area contributed by atoms with Crippen LogP contribution in [-0.2, 0) is 10.0 Å². The molecule has 2 heterocycles. The Bertz CT molecular complexity index is 1210. The molecule has 0 saturated heterocycles. The Hall–Kier alpha value is -2.76. The summed E-state index contributed by atoms with van der Waals surface area (Å²) in [5.41, 5.74) is -0.203. The number of furan rings is 1. The van der Waals surface area contributed by atoms with Crippen LogP contribution in [0.2, 0.25) is 5.02 Å². The lowest BCUT2D eigenvalue weighted by molar-refractivity contribution is 0.292. The van der Waals surface area contributed by atoms with E-state index in [1.54, 1.807) is 0 Å². The molecule has 2 aromatic heterocycles. The third-order valence-electron chi connectivity index (χ3n) is 4.76. The zero-order valence-electron chi connectivity index (χ0n) is 18.6. The summed E-state index contributed by atoms with van der Waals surface area (Å²) in [7, 11) is -1.31. The van der Waals surface area contributed by atoms with Gasteiger partial charge in [0, 0.05) is 14.1 Å². The molecule has 32 heavy (non-hydrogen) atoms. The zero-order chi connectivity index (χ0) is 23.8. The van der Waals surface area contributed by atoms with Crippen molar-refractivity contribution >= 4 is 38.9 Å². The fraction of sp³-hybridized carbons (Fsp3) is 0.400. The average molecular weight is 484 g/mol. The van der Waals surface area contributed by atoms with E-state index < -0.39 is 20.7 Å². The molecule has 1 aromatic carbocycles. The third kappa shape index (κ3) is 4.69. The number of phenolic OH excluding ortho intramolecular Hbond substituents is 1. The molecule has 0 radical (unpaired) electrons. The molecule has 0 aliphatic heterocycles. The molecule has 0 fully saturated rings. The molecule has 12 heteroatoms. The summed E-state index contributed by atoms with van der Waals surface area (Å²) in [4.78, 5) is -0.418. The normalized spacial score (nSPS) is 13.4. The van der Waals surface area contributed by atoms with Crippen molar-refractivity contribution < 1.29 is 22.6 Å². The van der Waals surface area contributed by atoms with E-state index in [1.807, 2.05) is 39.8 Å². The molecule has 0 amide bonds. The molecule has 174 valence electrons. The van der Waals surface area contributed by atoms with Gasteiger partial charge in [-0.15, -0.1) is 0 Å². The first kappa shape index (κ1) is 23.9. The second-order valence-electron chi connectivity index (χ2n) is 8.54. The summed E-state index contributed by atoms with van der Waals surface area (Å²) in [5.74, 6) is 1.33. The van der Waals surface area contributed by atoms with Crippen LogP contribution < -0.4 is 10.6 Å². The number of sulfonamides is 1. The number of nitrogens with one attached hydrogen (secondary N) is 2. The first-order chi connectivity index (χ1) is 14.8. The van der Waals surface area contributed by atoms with Gasteiger partial charge in [-0.1, -0.05) is 32.4 Å². The van der Waals surface area contributed by atoms with Crippen molar-refractivity contribution in [3.05, 3.63) is 40.8 Å². The lowest BCUT2D eigenvalue weighted by atomic mass is 9.85. The monoisotopic (exact) mass is 483 g/mol. The van der Waals surface area contributed by atoms with Gasteiger partial charge in [-0.3, -0.25) is 0 Å². The highest BCUT2D eigenvalue weighted by Gasteiger charge is 2.32. The van der Waals surface area contributed by atoms with Crippen molar-refractivity contribution in [3.8, 4) is 5.75 Å². The maximum absolute atomic E-state index is 12.6. The van der Waals surface area contributed by atoms with E-state index >= 15 is 0 Å². The summed E-state index contributed by atoms with van der Waals surface area (Å²) in [6, 6.07) is 6.26. The maximum Gasteiger partial charge on any atom is 0.247 e. The molecular weight excluding hydrogens is 458 g/mol. The Morgan fingerprint density at radius 2 is 1.78 bits per heavy atom. The summed E-state index contributed by atoms with van der Waals surface area (Å²) in [6.45, 7) is 7.96. The van der Waals surface area contributed by atoms with Crippen molar-refractivity contribution in [2.45, 2.75) is 38.6 Å². The van der Waals surface area contributed by atoms with Crippen molar-refractivity contribution in [3.63, 3.8) is 0 Å². The van der Waals surface area contributed by atoms with Gasteiger partial charge in [-0.25, -0.2) is 17.4 Å². The van der Waals surface area contributed by atoms with Gasteiger partial charge >= 0.3 is 0 Å². The van der Waals surface area contributed by atoms with E-state index in [2.05, 4.69) is 20.9 Å². The molecule has 3 N–H and O–H groups in total. The van der Waals surface area contributed by atoms with E-state index in [4.69, 9.17) is 20.6 Å². The van der Waals surface area contributed by atoms with Crippen LogP contribution >= 0.6 is 11.6 Å². The molecule has 0 unspecified atom stereocenters. The first-order valence-corrected chi connectivity index (χ1v) is 11.5. The van der Waals surface area contributed by atoms with E-state index in [1.165, 1.54) is 26.2 Å². The van der Waals surface area contributed by atoms with Gasteiger partial charge in [-0.05, 0) is 46.9 Å². The van der Waals surface area contributed by atoms with E-state index in [0.29, 0.717) is 5.76 Å². The Morgan fingerprint density at radius 1 is 1.12 bits per heavy atom. The van der Waals surface area contributed by atoms with Crippen molar-refractivity contribution in [2.75, 3.05) is 24.7 Å². The highest BCUT2D eigenvalue weighted by Crippen LogP contribution is 2.41. The molecule has 0 aliphatic rings. The fourth-order valence-electron chi connectivity index (χ4n) is 3.03. The van der Waals surface area contributed by atoms with Crippen LogP contribution in [0.25, 0.3) is 0 Å². The molecule has 3 rings (SSSR count). The summed E-state index contributed by atoms with van der Waals surface area (Å²) < 4.78 is 36.8. The van der Waals surface area contributed by atoms with Crippen LogP contribution in [0.5, 0.6) is 5.75 Å². The van der Waals surface area contributed by atoms with Crippen LogP contribution in [0.4, 0.5) is 17.3 Å². The van der Waals surface area contributed by atoms with Crippen molar-refractivity contribution in [1.82, 2.24) is 14.6 Å². The first-order valence-electron chi connectivity index (χ1n) is 9.69. The molecule has 3 aromatic rings. The van der Waals surface area contributed by atoms with Crippen LogP contribution in [0, 0.1) is 12.3 Å². The van der Waals surface area contributed by atoms with Crippen LogP contribution in [0.15, 0.2) is 38.2 Å². The fourth-order valence-corrected chi connectivity index (χ4v) is 4.51. The number of nitrogens with zero attached hydrogens (tertiary/aromatic N) is 3. The van der Waals surface area contributed by atoms with Gasteiger partial charge in [0.25, 0.3) is 0 Å². The number of benzene rings is 1. The van der Waals surface area contributed by atoms with Gasteiger partial charge < -0.3 is 20.2 Å². The molecule has 10 nitrogen and oxygen atoms in total. The summed E-state index contributed by atoms with van der Waals surface area (Å²) in [5, 5.41) is 24.4. The lowest BCUT2D eigenvalue weighted by Crippen LogP contribution is -2.26. The minimum Gasteiger partial charge on any atom is -0.504 e. The second kappa shape index (κ2) is 8.64. The molecule has 0 saturated carbocycles. The topological polar surface area (TPSA) is 134 Å². The highest BCUT2D eigenvalue weighted by atomic mass is 35.5. The highest BCUT2D eigenvalue weighted by molar-refractivity contribution is 7.89. The van der Waals surface area contributed by atoms with Crippen LogP contribution in [-0.4, -0.2) is 42.2 Å². The number of hydrogen-bond acceptors (Lipinski definition) is 9. The number of anilines is 3.